The van der Waals surface area contributed by atoms with Gasteiger partial charge in [-0.05, 0) is 30.5 Å². The summed E-state index contributed by atoms with van der Waals surface area (Å²) in [7, 11) is 0. The minimum Gasteiger partial charge on any atom is -0.491 e. The number of rotatable bonds is 12. The molecule has 0 heterocycles. The molecule has 0 spiro atoms. The molecule has 1 N–H and O–H groups in total. The number of unbranched alkanes of at least 4 members (excludes halogenated alkanes) is 1. The summed E-state index contributed by atoms with van der Waals surface area (Å²) in [5, 5.41) is 8.51. The second-order valence-corrected chi connectivity index (χ2v) is 4.54. The number of aliphatic hydroxyl groups is 1. The average Bonchev–Trinajstić information content (AvgIpc) is 2.49. The Kier molecular flexibility index (Phi) is 9.92. The Bertz CT molecular complexity index is 324. The van der Waals surface area contributed by atoms with Crippen molar-refractivity contribution in [3.8, 4) is 5.75 Å². The molecular weight excluding hydrogens is 256 g/mol. The number of aryl methyl sites for hydroxylation is 1. The average molecular weight is 282 g/mol. The molecule has 4 heteroatoms. The molecule has 1 aromatic carbocycles. The van der Waals surface area contributed by atoms with Crippen LogP contribution in [0.4, 0.5) is 0 Å². The molecule has 0 aliphatic carbocycles. The lowest BCUT2D eigenvalue weighted by atomic mass is 10.1. The van der Waals surface area contributed by atoms with Crippen LogP contribution in [0.5, 0.6) is 5.75 Å². The van der Waals surface area contributed by atoms with Gasteiger partial charge in [0.1, 0.15) is 12.4 Å². The Morgan fingerprint density at radius 3 is 2.20 bits per heavy atom. The quantitative estimate of drug-likeness (QED) is 0.598. The highest BCUT2D eigenvalue weighted by Crippen LogP contribution is 2.13. The number of ether oxygens (including phenoxy) is 3. The summed E-state index contributed by atoms with van der Waals surface area (Å²) < 4.78 is 16.0. The van der Waals surface area contributed by atoms with Gasteiger partial charge in [-0.2, -0.15) is 0 Å². The van der Waals surface area contributed by atoms with E-state index in [0.29, 0.717) is 33.0 Å². The number of aliphatic hydroxyl groups excluding tert-OH is 1. The van der Waals surface area contributed by atoms with Gasteiger partial charge in [-0.15, -0.1) is 0 Å². The standard InChI is InChI=1S/C16H26O4/c1-2-3-4-15-5-7-16(8-6-15)20-14-13-19-12-11-18-10-9-17/h5-8,17H,2-4,9-14H2,1H3. The van der Waals surface area contributed by atoms with Crippen LogP contribution < -0.4 is 4.74 Å². The van der Waals surface area contributed by atoms with E-state index in [1.807, 2.05) is 12.1 Å². The molecule has 0 aliphatic heterocycles. The first-order chi connectivity index (χ1) is 9.86. The molecule has 20 heavy (non-hydrogen) atoms. The van der Waals surface area contributed by atoms with Crippen molar-refractivity contribution < 1.29 is 19.3 Å². The topological polar surface area (TPSA) is 47.9 Å². The van der Waals surface area contributed by atoms with Crippen molar-refractivity contribution in [3.05, 3.63) is 29.8 Å². The summed E-state index contributed by atoms with van der Waals surface area (Å²) in [6.45, 7) is 4.73. The normalized spacial score (nSPS) is 10.7. The SMILES string of the molecule is CCCCc1ccc(OCCOCCOCCO)cc1. The Balaban J connectivity index is 2.04. The van der Waals surface area contributed by atoms with E-state index in [-0.39, 0.29) is 6.61 Å². The van der Waals surface area contributed by atoms with Crippen LogP contribution in [0.25, 0.3) is 0 Å². The third-order valence-electron chi connectivity index (χ3n) is 2.85. The molecule has 4 nitrogen and oxygen atoms in total. The van der Waals surface area contributed by atoms with Gasteiger partial charge in [0, 0.05) is 0 Å². The fourth-order valence-corrected chi connectivity index (χ4v) is 1.74. The number of benzene rings is 1. The molecule has 0 aromatic heterocycles. The molecule has 0 fully saturated rings. The van der Waals surface area contributed by atoms with E-state index in [1.54, 1.807) is 0 Å². The van der Waals surface area contributed by atoms with Gasteiger partial charge in [0.25, 0.3) is 0 Å². The molecule has 0 amide bonds. The Hall–Kier alpha value is -1.10. The zero-order valence-electron chi connectivity index (χ0n) is 12.3. The predicted molar refractivity (Wildman–Crippen MR) is 79.3 cm³/mol. The second kappa shape index (κ2) is 11.7. The van der Waals surface area contributed by atoms with E-state index < -0.39 is 0 Å². The van der Waals surface area contributed by atoms with Gasteiger partial charge in [-0.25, -0.2) is 0 Å². The molecule has 1 rings (SSSR count). The van der Waals surface area contributed by atoms with Crippen molar-refractivity contribution in [1.29, 1.82) is 0 Å². The summed E-state index contributed by atoms with van der Waals surface area (Å²) in [5.41, 5.74) is 1.36. The third kappa shape index (κ3) is 8.15. The predicted octanol–water partition coefficient (Wildman–Crippen LogP) is 2.43. The van der Waals surface area contributed by atoms with Gasteiger partial charge in [-0.1, -0.05) is 25.5 Å². The highest BCUT2D eigenvalue weighted by Gasteiger charge is 1.96. The van der Waals surface area contributed by atoms with E-state index in [0.717, 1.165) is 12.2 Å². The van der Waals surface area contributed by atoms with Crippen molar-refractivity contribution in [2.75, 3.05) is 39.6 Å². The first-order valence-electron chi connectivity index (χ1n) is 7.35. The van der Waals surface area contributed by atoms with Crippen molar-refractivity contribution in [1.82, 2.24) is 0 Å². The fourth-order valence-electron chi connectivity index (χ4n) is 1.74. The van der Waals surface area contributed by atoms with Crippen LogP contribution >= 0.6 is 0 Å². The molecule has 0 atom stereocenters. The number of hydrogen-bond donors (Lipinski definition) is 1. The van der Waals surface area contributed by atoms with Gasteiger partial charge in [0.15, 0.2) is 0 Å². The Labute approximate surface area is 121 Å². The maximum Gasteiger partial charge on any atom is 0.119 e. The third-order valence-corrected chi connectivity index (χ3v) is 2.85. The van der Waals surface area contributed by atoms with E-state index in [1.165, 1.54) is 18.4 Å². The minimum absolute atomic E-state index is 0.0529. The van der Waals surface area contributed by atoms with Gasteiger partial charge in [0.05, 0.1) is 33.0 Å². The summed E-state index contributed by atoms with van der Waals surface area (Å²) in [4.78, 5) is 0. The lowest BCUT2D eigenvalue weighted by Gasteiger charge is -2.08. The summed E-state index contributed by atoms with van der Waals surface area (Å²) >= 11 is 0. The van der Waals surface area contributed by atoms with E-state index in [9.17, 15) is 0 Å². The summed E-state index contributed by atoms with van der Waals surface area (Å²) in [6.07, 6.45) is 3.58. The fraction of sp³-hybridized carbons (Fsp3) is 0.625. The zero-order chi connectivity index (χ0) is 14.5. The molecule has 114 valence electrons. The van der Waals surface area contributed by atoms with Crippen LogP contribution in [0.1, 0.15) is 25.3 Å². The highest BCUT2D eigenvalue weighted by molar-refractivity contribution is 5.27. The lowest BCUT2D eigenvalue weighted by Crippen LogP contribution is -2.11. The van der Waals surface area contributed by atoms with E-state index in [4.69, 9.17) is 19.3 Å². The molecule has 0 saturated carbocycles. The van der Waals surface area contributed by atoms with Crippen LogP contribution in [0, 0.1) is 0 Å². The maximum atomic E-state index is 8.51. The Morgan fingerprint density at radius 1 is 0.900 bits per heavy atom. The molecule has 0 aliphatic rings. The molecular formula is C16H26O4. The van der Waals surface area contributed by atoms with Crippen LogP contribution in [-0.4, -0.2) is 44.7 Å². The number of hydrogen-bond acceptors (Lipinski definition) is 4. The van der Waals surface area contributed by atoms with Crippen LogP contribution in [0.3, 0.4) is 0 Å². The second-order valence-electron chi connectivity index (χ2n) is 4.54. The van der Waals surface area contributed by atoms with Gasteiger partial charge in [-0.3, -0.25) is 0 Å². The van der Waals surface area contributed by atoms with Crippen molar-refractivity contribution >= 4 is 0 Å². The maximum absolute atomic E-state index is 8.51. The first kappa shape index (κ1) is 17.0. The summed E-state index contributed by atoms with van der Waals surface area (Å²) in [6, 6.07) is 8.26. The smallest absolute Gasteiger partial charge is 0.119 e. The van der Waals surface area contributed by atoms with E-state index >= 15 is 0 Å². The van der Waals surface area contributed by atoms with Crippen LogP contribution in [-0.2, 0) is 15.9 Å². The molecule has 0 saturated heterocycles. The molecule has 1 aromatic rings. The zero-order valence-corrected chi connectivity index (χ0v) is 12.3. The summed E-state index contributed by atoms with van der Waals surface area (Å²) in [5.74, 6) is 0.880. The lowest BCUT2D eigenvalue weighted by molar-refractivity contribution is 0.0247. The van der Waals surface area contributed by atoms with Crippen molar-refractivity contribution in [2.45, 2.75) is 26.2 Å². The Morgan fingerprint density at radius 2 is 1.55 bits per heavy atom. The van der Waals surface area contributed by atoms with Crippen LogP contribution in [0.15, 0.2) is 24.3 Å². The van der Waals surface area contributed by atoms with Crippen molar-refractivity contribution in [2.24, 2.45) is 0 Å². The molecule has 0 bridgehead atoms. The molecule has 0 unspecified atom stereocenters. The van der Waals surface area contributed by atoms with Gasteiger partial charge < -0.3 is 19.3 Å². The monoisotopic (exact) mass is 282 g/mol. The van der Waals surface area contributed by atoms with Crippen LogP contribution in [0.2, 0.25) is 0 Å². The van der Waals surface area contributed by atoms with E-state index in [2.05, 4.69) is 19.1 Å². The highest BCUT2D eigenvalue weighted by atomic mass is 16.5. The first-order valence-corrected chi connectivity index (χ1v) is 7.35. The van der Waals surface area contributed by atoms with Crippen molar-refractivity contribution in [3.63, 3.8) is 0 Å². The minimum atomic E-state index is 0.0529. The largest absolute Gasteiger partial charge is 0.491 e. The van der Waals surface area contributed by atoms with Gasteiger partial charge >= 0.3 is 0 Å². The molecule has 0 radical (unpaired) electrons. The van der Waals surface area contributed by atoms with Gasteiger partial charge in [0.2, 0.25) is 0 Å².